The lowest BCUT2D eigenvalue weighted by Gasteiger charge is -2.12. The molecule has 0 bridgehead atoms. The van der Waals surface area contributed by atoms with Crippen molar-refractivity contribution >= 4 is 29.0 Å². The number of aromatic nitrogens is 3. The minimum absolute atomic E-state index is 0.0456. The first-order chi connectivity index (χ1) is 13.3. The number of nitrogens with one attached hydrogen (secondary N) is 1. The molecule has 0 spiro atoms. The van der Waals surface area contributed by atoms with E-state index >= 15 is 0 Å². The average molecular weight is 429 g/mol. The van der Waals surface area contributed by atoms with Gasteiger partial charge in [-0.2, -0.15) is 13.2 Å². The number of alkyl halides is 3. The van der Waals surface area contributed by atoms with Crippen molar-refractivity contribution in [1.82, 2.24) is 15.0 Å². The maximum Gasteiger partial charge on any atom is 0.421 e. The van der Waals surface area contributed by atoms with Gasteiger partial charge in [0.2, 0.25) is 11.2 Å². The predicted molar refractivity (Wildman–Crippen MR) is 100 cm³/mol. The van der Waals surface area contributed by atoms with Crippen LogP contribution >= 0.6 is 23.2 Å². The highest BCUT2D eigenvalue weighted by molar-refractivity contribution is 6.32. The summed E-state index contributed by atoms with van der Waals surface area (Å²) in [5.41, 5.74) is 0.0219. The molecule has 0 fully saturated rings. The Morgan fingerprint density at radius 1 is 1.04 bits per heavy atom. The van der Waals surface area contributed by atoms with Crippen LogP contribution < -0.4 is 10.1 Å². The third-order valence-corrected chi connectivity index (χ3v) is 3.96. The highest BCUT2D eigenvalue weighted by Crippen LogP contribution is 2.36. The van der Waals surface area contributed by atoms with Gasteiger partial charge in [0.25, 0.3) is 0 Å². The number of ether oxygens (including phenoxy) is 1. The predicted octanol–water partition coefficient (Wildman–Crippen LogP) is 5.64. The van der Waals surface area contributed by atoms with Crippen LogP contribution in [0.15, 0.2) is 48.7 Å². The van der Waals surface area contributed by atoms with Crippen LogP contribution in [0, 0.1) is 0 Å². The molecule has 146 valence electrons. The fraction of sp³-hybridized carbons (Fsp3) is 0.167. The van der Waals surface area contributed by atoms with E-state index in [1.54, 1.807) is 30.3 Å². The number of anilines is 1. The van der Waals surface area contributed by atoms with Crippen molar-refractivity contribution in [1.29, 1.82) is 0 Å². The van der Waals surface area contributed by atoms with Crippen LogP contribution in [-0.2, 0) is 12.6 Å². The van der Waals surface area contributed by atoms with E-state index in [9.17, 15) is 13.2 Å². The summed E-state index contributed by atoms with van der Waals surface area (Å²) in [6.45, 7) is 0.544. The average Bonchev–Trinajstić information content (AvgIpc) is 2.62. The Morgan fingerprint density at radius 3 is 2.46 bits per heavy atom. The molecule has 2 heterocycles. The summed E-state index contributed by atoms with van der Waals surface area (Å²) in [7, 11) is 0. The molecule has 2 aromatic heterocycles. The molecule has 0 saturated carbocycles. The van der Waals surface area contributed by atoms with E-state index in [0.29, 0.717) is 18.8 Å². The minimum atomic E-state index is -4.54. The van der Waals surface area contributed by atoms with Gasteiger partial charge in [0.05, 0.1) is 0 Å². The molecule has 3 aromatic rings. The number of halogens is 5. The van der Waals surface area contributed by atoms with Gasteiger partial charge in [0.1, 0.15) is 22.3 Å². The second-order valence-electron chi connectivity index (χ2n) is 5.62. The van der Waals surface area contributed by atoms with Crippen LogP contribution in [-0.4, -0.2) is 21.5 Å². The Kier molecular flexibility index (Phi) is 6.21. The van der Waals surface area contributed by atoms with Gasteiger partial charge in [-0.1, -0.05) is 23.7 Å². The van der Waals surface area contributed by atoms with Crippen molar-refractivity contribution < 1.29 is 17.9 Å². The van der Waals surface area contributed by atoms with Gasteiger partial charge in [-0.3, -0.25) is 0 Å². The summed E-state index contributed by atoms with van der Waals surface area (Å²) in [6.07, 6.45) is -2.66. The SMILES string of the molecule is FC(F)(F)c1cccnc1Oc1ccc(CCNc2cc(Cl)nc(Cl)n2)cc1. The standard InChI is InChI=1S/C18H13Cl2F3N4O/c19-14-10-15(27-17(20)26-14)24-9-7-11-3-5-12(6-4-11)28-16-13(18(21,22)23)2-1-8-25-16/h1-6,8,10H,7,9H2,(H,24,26,27). The van der Waals surface area contributed by atoms with Gasteiger partial charge in [0, 0.05) is 18.8 Å². The Bertz CT molecular complexity index is 932. The fourth-order valence-corrected chi connectivity index (χ4v) is 2.75. The molecule has 5 nitrogen and oxygen atoms in total. The van der Waals surface area contributed by atoms with Crippen LogP contribution in [0.25, 0.3) is 0 Å². The van der Waals surface area contributed by atoms with Crippen LogP contribution in [0.3, 0.4) is 0 Å². The van der Waals surface area contributed by atoms with Gasteiger partial charge in [0.15, 0.2) is 0 Å². The van der Waals surface area contributed by atoms with Gasteiger partial charge < -0.3 is 10.1 Å². The quantitative estimate of drug-likeness (QED) is 0.406. The number of rotatable bonds is 6. The summed E-state index contributed by atoms with van der Waals surface area (Å²) in [6, 6.07) is 10.4. The molecular weight excluding hydrogens is 416 g/mol. The zero-order valence-electron chi connectivity index (χ0n) is 14.2. The van der Waals surface area contributed by atoms with Crippen LogP contribution in [0.4, 0.5) is 19.0 Å². The molecule has 0 amide bonds. The number of benzene rings is 1. The highest BCUT2D eigenvalue weighted by atomic mass is 35.5. The largest absolute Gasteiger partial charge is 0.438 e. The fourth-order valence-electron chi connectivity index (χ4n) is 2.34. The van der Waals surface area contributed by atoms with Crippen LogP contribution in [0.2, 0.25) is 10.4 Å². The minimum Gasteiger partial charge on any atom is -0.438 e. The van der Waals surface area contributed by atoms with Gasteiger partial charge in [-0.25, -0.2) is 15.0 Å². The van der Waals surface area contributed by atoms with Crippen molar-refractivity contribution in [2.45, 2.75) is 12.6 Å². The van der Waals surface area contributed by atoms with E-state index in [2.05, 4.69) is 20.3 Å². The highest BCUT2D eigenvalue weighted by Gasteiger charge is 2.35. The first kappa shape index (κ1) is 20.2. The molecule has 3 rings (SSSR count). The topological polar surface area (TPSA) is 59.9 Å². The summed E-state index contributed by atoms with van der Waals surface area (Å²) >= 11 is 11.5. The van der Waals surface area contributed by atoms with E-state index in [1.807, 2.05) is 0 Å². The lowest BCUT2D eigenvalue weighted by atomic mass is 10.1. The Morgan fingerprint density at radius 2 is 1.79 bits per heavy atom. The number of hydrogen-bond donors (Lipinski definition) is 1. The van der Waals surface area contributed by atoms with Crippen molar-refractivity contribution in [2.75, 3.05) is 11.9 Å². The molecule has 1 N–H and O–H groups in total. The van der Waals surface area contributed by atoms with Crippen molar-refractivity contribution in [3.05, 3.63) is 70.2 Å². The normalized spacial score (nSPS) is 11.3. The number of pyridine rings is 1. The summed E-state index contributed by atoms with van der Waals surface area (Å²) in [4.78, 5) is 11.4. The molecule has 28 heavy (non-hydrogen) atoms. The zero-order chi connectivity index (χ0) is 20.1. The maximum atomic E-state index is 13.0. The van der Waals surface area contributed by atoms with Gasteiger partial charge in [-0.15, -0.1) is 0 Å². The lowest BCUT2D eigenvalue weighted by molar-refractivity contribution is -0.138. The molecular formula is C18H13Cl2F3N4O. The summed E-state index contributed by atoms with van der Waals surface area (Å²) in [5, 5.41) is 3.35. The zero-order valence-corrected chi connectivity index (χ0v) is 15.7. The summed E-state index contributed by atoms with van der Waals surface area (Å²) in [5.74, 6) is 0.275. The van der Waals surface area contributed by atoms with Crippen molar-refractivity contribution in [3.8, 4) is 11.6 Å². The van der Waals surface area contributed by atoms with E-state index in [0.717, 1.165) is 11.6 Å². The van der Waals surface area contributed by atoms with Crippen LogP contribution in [0.5, 0.6) is 11.6 Å². The molecule has 0 aliphatic heterocycles. The Labute approximate surface area is 168 Å². The number of hydrogen-bond acceptors (Lipinski definition) is 5. The monoisotopic (exact) mass is 428 g/mol. The van der Waals surface area contributed by atoms with E-state index < -0.39 is 17.6 Å². The molecule has 1 aromatic carbocycles. The van der Waals surface area contributed by atoms with E-state index in [-0.39, 0.29) is 16.2 Å². The molecule has 0 atom stereocenters. The first-order valence-corrected chi connectivity index (χ1v) is 8.80. The molecule has 0 aliphatic carbocycles. The lowest BCUT2D eigenvalue weighted by Crippen LogP contribution is -2.08. The molecule has 0 unspecified atom stereocenters. The van der Waals surface area contributed by atoms with E-state index in [1.165, 1.54) is 12.3 Å². The van der Waals surface area contributed by atoms with Crippen molar-refractivity contribution in [3.63, 3.8) is 0 Å². The second-order valence-corrected chi connectivity index (χ2v) is 6.35. The number of nitrogens with zero attached hydrogens (tertiary/aromatic N) is 3. The van der Waals surface area contributed by atoms with Crippen LogP contribution in [0.1, 0.15) is 11.1 Å². The van der Waals surface area contributed by atoms with Crippen molar-refractivity contribution in [2.24, 2.45) is 0 Å². The summed E-state index contributed by atoms with van der Waals surface area (Å²) < 4.78 is 44.3. The maximum absolute atomic E-state index is 13.0. The Balaban J connectivity index is 1.60. The molecule has 0 radical (unpaired) electrons. The first-order valence-electron chi connectivity index (χ1n) is 8.04. The van der Waals surface area contributed by atoms with Gasteiger partial charge >= 0.3 is 6.18 Å². The third-order valence-electron chi connectivity index (χ3n) is 3.60. The smallest absolute Gasteiger partial charge is 0.421 e. The second kappa shape index (κ2) is 8.62. The van der Waals surface area contributed by atoms with Gasteiger partial charge in [-0.05, 0) is 47.9 Å². The van der Waals surface area contributed by atoms with E-state index in [4.69, 9.17) is 27.9 Å². The Hall–Kier alpha value is -2.58. The molecule has 0 saturated heterocycles. The third kappa shape index (κ3) is 5.46. The molecule has 10 heteroatoms. The molecule has 0 aliphatic rings.